The van der Waals surface area contributed by atoms with Gasteiger partial charge in [-0.25, -0.2) is 14.4 Å². The Morgan fingerprint density at radius 1 is 1.31 bits per heavy atom. The summed E-state index contributed by atoms with van der Waals surface area (Å²) in [5.41, 5.74) is 4.23. The Kier molecular flexibility index (Phi) is 5.78. The lowest BCUT2D eigenvalue weighted by Gasteiger charge is -2.19. The van der Waals surface area contributed by atoms with Gasteiger partial charge in [0.1, 0.15) is 29.8 Å². The highest BCUT2D eigenvalue weighted by atomic mass is 19.1. The number of para-hydroxylation sites is 1. The molecule has 2 aliphatic heterocycles. The molecule has 1 fully saturated rings. The van der Waals surface area contributed by atoms with E-state index in [0.717, 1.165) is 41.7 Å². The van der Waals surface area contributed by atoms with E-state index in [0.29, 0.717) is 23.5 Å². The molecule has 6 rings (SSSR count). The van der Waals surface area contributed by atoms with Crippen molar-refractivity contribution >= 4 is 16.8 Å². The normalized spacial score (nSPS) is 19.6. The first-order valence-electron chi connectivity index (χ1n) is 12.2. The van der Waals surface area contributed by atoms with Gasteiger partial charge in [0.2, 0.25) is 0 Å². The topological polar surface area (TPSA) is 84.8 Å². The quantitative estimate of drug-likeness (QED) is 0.430. The van der Waals surface area contributed by atoms with Crippen molar-refractivity contribution < 1.29 is 13.9 Å². The molecule has 0 bridgehead atoms. The number of pyridine rings is 1. The van der Waals surface area contributed by atoms with Crippen molar-refractivity contribution in [2.24, 2.45) is 0 Å². The van der Waals surface area contributed by atoms with E-state index < -0.39 is 12.2 Å². The monoisotopic (exact) mass is 483 g/mol. The highest BCUT2D eigenvalue weighted by molar-refractivity contribution is 5.93. The minimum atomic E-state index is -0.954. The number of hydrogen-bond donors (Lipinski definition) is 2. The average Bonchev–Trinajstić information content (AvgIpc) is 3.65. The molecule has 2 aliphatic rings. The van der Waals surface area contributed by atoms with Crippen LogP contribution in [0.25, 0.3) is 10.9 Å². The number of halogens is 1. The number of ether oxygens (including phenoxy) is 1. The third kappa shape index (κ3) is 4.38. The Hall–Kier alpha value is -3.96. The third-order valence-electron chi connectivity index (χ3n) is 6.67. The smallest absolute Gasteiger partial charge is 0.270 e. The molecule has 5 heterocycles. The van der Waals surface area contributed by atoms with E-state index in [9.17, 15) is 9.18 Å². The number of aryl methyl sites for hydroxylation is 1. The number of aromatic amines is 1. The van der Waals surface area contributed by atoms with Gasteiger partial charge in [-0.3, -0.25) is 4.79 Å². The van der Waals surface area contributed by atoms with E-state index in [1.54, 1.807) is 12.3 Å². The van der Waals surface area contributed by atoms with Crippen LogP contribution in [-0.2, 0) is 17.7 Å². The highest BCUT2D eigenvalue weighted by Crippen LogP contribution is 2.29. The number of carbonyl (C=O) groups is 1. The van der Waals surface area contributed by atoms with Gasteiger partial charge in [0.25, 0.3) is 5.91 Å². The summed E-state index contributed by atoms with van der Waals surface area (Å²) >= 11 is 0. The van der Waals surface area contributed by atoms with Gasteiger partial charge in [-0.05, 0) is 49.4 Å². The molecule has 0 spiro atoms. The lowest BCUT2D eigenvalue weighted by molar-refractivity contribution is 0.0935. The molecular weight excluding hydrogens is 457 g/mol. The third-order valence-corrected chi connectivity index (χ3v) is 6.67. The standard InChI is InChI=1S/C28H26FN5O2/c1-17-11-18(8-9-22-6-4-10-36-22)12-25(31-17)28(35)33-26(24-13-19-5-2-3-7-23(19)32-24)27-30-15-21-14-20(29)16-34(21)27/h2-3,5,7,11-13,15,20,22,26,32H,4,6,10,14,16H2,1H3,(H,33,35)/t20-,22-,26-/m0/s1. The zero-order valence-corrected chi connectivity index (χ0v) is 19.9. The maximum absolute atomic E-state index is 14.2. The Morgan fingerprint density at radius 2 is 2.19 bits per heavy atom. The van der Waals surface area contributed by atoms with Crippen LogP contribution in [-0.4, -0.2) is 44.3 Å². The van der Waals surface area contributed by atoms with Crippen LogP contribution in [0.3, 0.4) is 0 Å². The summed E-state index contributed by atoms with van der Waals surface area (Å²) in [5, 5.41) is 4.12. The number of nitrogens with zero attached hydrogens (tertiary/aromatic N) is 3. The molecule has 0 unspecified atom stereocenters. The number of carbonyl (C=O) groups excluding carboxylic acids is 1. The van der Waals surface area contributed by atoms with Crippen LogP contribution in [0.1, 0.15) is 57.8 Å². The average molecular weight is 484 g/mol. The van der Waals surface area contributed by atoms with E-state index >= 15 is 0 Å². The van der Waals surface area contributed by atoms with Crippen molar-refractivity contribution in [2.45, 2.75) is 51.0 Å². The molecule has 4 aromatic rings. The van der Waals surface area contributed by atoms with Crippen LogP contribution in [0.5, 0.6) is 0 Å². The first-order valence-corrected chi connectivity index (χ1v) is 12.2. The minimum Gasteiger partial charge on any atom is -0.366 e. The first-order chi connectivity index (χ1) is 17.5. The maximum Gasteiger partial charge on any atom is 0.270 e. The summed E-state index contributed by atoms with van der Waals surface area (Å²) in [7, 11) is 0. The number of H-pyrrole nitrogens is 1. The van der Waals surface area contributed by atoms with Crippen molar-refractivity contribution in [2.75, 3.05) is 6.61 Å². The molecule has 0 saturated carbocycles. The van der Waals surface area contributed by atoms with Crippen molar-refractivity contribution in [1.82, 2.24) is 24.8 Å². The maximum atomic E-state index is 14.2. The van der Waals surface area contributed by atoms with E-state index in [-0.39, 0.29) is 24.2 Å². The van der Waals surface area contributed by atoms with Crippen LogP contribution < -0.4 is 5.32 Å². The minimum absolute atomic E-state index is 0.0657. The van der Waals surface area contributed by atoms with Gasteiger partial charge >= 0.3 is 0 Å². The predicted octanol–water partition coefficient (Wildman–Crippen LogP) is 4.01. The van der Waals surface area contributed by atoms with Crippen LogP contribution in [0.2, 0.25) is 0 Å². The molecule has 3 aromatic heterocycles. The zero-order chi connectivity index (χ0) is 24.6. The van der Waals surface area contributed by atoms with Gasteiger partial charge in [-0.1, -0.05) is 30.0 Å². The number of amides is 1. The fourth-order valence-electron chi connectivity index (χ4n) is 4.97. The number of benzene rings is 1. The fraction of sp³-hybridized carbons (Fsp3) is 0.321. The molecule has 0 radical (unpaired) electrons. The zero-order valence-electron chi connectivity index (χ0n) is 19.9. The second-order valence-corrected chi connectivity index (χ2v) is 9.39. The van der Waals surface area contributed by atoms with E-state index in [1.165, 1.54) is 0 Å². The number of aromatic nitrogens is 4. The lowest BCUT2D eigenvalue weighted by atomic mass is 10.1. The summed E-state index contributed by atoms with van der Waals surface area (Å²) in [5.74, 6) is 6.52. The largest absolute Gasteiger partial charge is 0.366 e. The summed E-state index contributed by atoms with van der Waals surface area (Å²) in [4.78, 5) is 25.9. The SMILES string of the molecule is Cc1cc(C#C[C@@H]2CCCO2)cc(C(=O)N[C@@H](c2cc3ccccc3[nH]2)c2ncc3n2C[C@@H](F)C3)n1. The van der Waals surface area contributed by atoms with Crippen molar-refractivity contribution in [3.63, 3.8) is 0 Å². The summed E-state index contributed by atoms with van der Waals surface area (Å²) in [6, 6.07) is 12.8. The Morgan fingerprint density at radius 3 is 3.03 bits per heavy atom. The van der Waals surface area contributed by atoms with Gasteiger partial charge in [-0.2, -0.15) is 0 Å². The Bertz CT molecular complexity index is 1470. The molecule has 7 nitrogen and oxygen atoms in total. The highest BCUT2D eigenvalue weighted by Gasteiger charge is 2.30. The number of fused-ring (bicyclic) bond motifs is 2. The molecule has 1 saturated heterocycles. The number of rotatable bonds is 4. The van der Waals surface area contributed by atoms with Gasteiger partial charge in [0.05, 0.1) is 6.54 Å². The van der Waals surface area contributed by atoms with Crippen molar-refractivity contribution in [3.05, 3.63) is 82.8 Å². The summed E-state index contributed by atoms with van der Waals surface area (Å²) in [6.45, 7) is 2.80. The van der Waals surface area contributed by atoms with Crippen LogP contribution in [0.15, 0.2) is 48.7 Å². The fourth-order valence-corrected chi connectivity index (χ4v) is 4.97. The Balaban J connectivity index is 1.34. The number of imidazole rings is 1. The van der Waals surface area contributed by atoms with Crippen molar-refractivity contribution in [1.29, 1.82) is 0 Å². The number of nitrogens with one attached hydrogen (secondary N) is 2. The van der Waals surface area contributed by atoms with E-state index in [1.807, 2.05) is 47.9 Å². The van der Waals surface area contributed by atoms with E-state index in [4.69, 9.17) is 4.74 Å². The van der Waals surface area contributed by atoms with Gasteiger partial charge in [0.15, 0.2) is 0 Å². The first kappa shape index (κ1) is 22.5. The second kappa shape index (κ2) is 9.25. The van der Waals surface area contributed by atoms with Gasteiger partial charge in [-0.15, -0.1) is 0 Å². The van der Waals surface area contributed by atoms with Crippen LogP contribution >= 0.6 is 0 Å². The molecule has 36 heavy (non-hydrogen) atoms. The molecular formula is C28H26FN5O2. The number of alkyl halides is 1. The van der Waals surface area contributed by atoms with Gasteiger partial charge in [0, 0.05) is 47.4 Å². The van der Waals surface area contributed by atoms with Gasteiger partial charge < -0.3 is 19.6 Å². The molecule has 8 heteroatoms. The predicted molar refractivity (Wildman–Crippen MR) is 133 cm³/mol. The number of hydrogen-bond acceptors (Lipinski definition) is 4. The molecule has 1 aromatic carbocycles. The van der Waals surface area contributed by atoms with Crippen LogP contribution in [0, 0.1) is 18.8 Å². The molecule has 0 aliphatic carbocycles. The molecule has 182 valence electrons. The summed E-state index contributed by atoms with van der Waals surface area (Å²) < 4.78 is 21.6. The van der Waals surface area contributed by atoms with E-state index in [2.05, 4.69) is 32.1 Å². The van der Waals surface area contributed by atoms with Crippen molar-refractivity contribution in [3.8, 4) is 11.8 Å². The second-order valence-electron chi connectivity index (χ2n) is 9.39. The molecule has 1 amide bonds. The lowest BCUT2D eigenvalue weighted by Crippen LogP contribution is -2.32. The van der Waals surface area contributed by atoms with Crippen LogP contribution in [0.4, 0.5) is 4.39 Å². The molecule has 3 atom stereocenters. The molecule has 2 N–H and O–H groups in total. The Labute approximate surface area is 208 Å². The summed E-state index contributed by atoms with van der Waals surface area (Å²) in [6.07, 6.45) is 2.93.